The first-order chi connectivity index (χ1) is 5.73. The molecule has 1 atom stereocenters. The molecule has 1 unspecified atom stereocenters. The summed E-state index contributed by atoms with van der Waals surface area (Å²) in [6, 6.07) is 0. The van der Waals surface area contributed by atoms with Crippen LogP contribution in [0.4, 0.5) is 0 Å². The van der Waals surface area contributed by atoms with Crippen molar-refractivity contribution in [2.24, 2.45) is 17.0 Å². The van der Waals surface area contributed by atoms with Crippen LogP contribution in [-0.4, -0.2) is 42.6 Å². The van der Waals surface area contributed by atoms with Crippen molar-refractivity contribution in [1.82, 2.24) is 0 Å². The summed E-state index contributed by atoms with van der Waals surface area (Å²) < 4.78 is 1.19. The van der Waals surface area contributed by atoms with Gasteiger partial charge in [-0.1, -0.05) is 0 Å². The van der Waals surface area contributed by atoms with Gasteiger partial charge < -0.3 is 33.7 Å². The first-order valence-electron chi connectivity index (χ1n) is 4.75. The van der Waals surface area contributed by atoms with Crippen LogP contribution in [0.2, 0.25) is 0 Å². The molecule has 2 bridgehead atoms. The predicted octanol–water partition coefficient (Wildman–Crippen LogP) is -2.06. The Morgan fingerprint density at radius 1 is 1.38 bits per heavy atom. The van der Waals surface area contributed by atoms with Crippen LogP contribution in [0, 0.1) is 11.8 Å². The highest BCUT2D eigenvalue weighted by atomic mass is 127. The monoisotopic (exact) mass is 296 g/mol. The fourth-order valence-electron chi connectivity index (χ4n) is 2.73. The van der Waals surface area contributed by atoms with E-state index in [0.29, 0.717) is 5.92 Å². The summed E-state index contributed by atoms with van der Waals surface area (Å²) >= 11 is 0. The average Bonchev–Trinajstić information content (AvgIpc) is 2.05. The van der Waals surface area contributed by atoms with Gasteiger partial charge in [0.2, 0.25) is 0 Å². The lowest BCUT2D eigenvalue weighted by molar-refractivity contribution is -0.927. The van der Waals surface area contributed by atoms with E-state index >= 15 is 0 Å². The lowest BCUT2D eigenvalue weighted by atomic mass is 9.78. The highest BCUT2D eigenvalue weighted by Crippen LogP contribution is 2.35. The van der Waals surface area contributed by atoms with E-state index in [9.17, 15) is 0 Å². The zero-order valence-corrected chi connectivity index (χ0v) is 10.1. The molecule has 0 aromatic heterocycles. The minimum absolute atomic E-state index is 0. The number of quaternary nitrogens is 1. The fraction of sp³-hybridized carbons (Fsp3) is 0.889. The van der Waals surface area contributed by atoms with E-state index in [4.69, 9.17) is 5.21 Å². The molecule has 0 aromatic carbocycles. The Hall–Kier alpha value is 0.160. The van der Waals surface area contributed by atoms with Crippen LogP contribution >= 0.6 is 0 Å². The molecule has 3 heterocycles. The van der Waals surface area contributed by atoms with Crippen molar-refractivity contribution in [2.45, 2.75) is 12.8 Å². The zero-order valence-electron chi connectivity index (χ0n) is 7.99. The minimum atomic E-state index is 0. The SMILES string of the molecule is C[N+]12CCC(CC1)C(C=NO)C2.[I-]. The standard InChI is InChI=1S/C9H16N2O.HI/c1-11-4-2-8(3-5-11)9(7-11)6-10-12;/h6,8-9H,2-5,7H2,1H3;1H. The van der Waals surface area contributed by atoms with Gasteiger partial charge in [0, 0.05) is 12.8 Å². The van der Waals surface area contributed by atoms with Gasteiger partial charge in [-0.15, -0.1) is 5.16 Å². The van der Waals surface area contributed by atoms with Crippen LogP contribution in [0.25, 0.3) is 0 Å². The molecule has 0 aromatic rings. The van der Waals surface area contributed by atoms with E-state index in [-0.39, 0.29) is 24.0 Å². The highest BCUT2D eigenvalue weighted by molar-refractivity contribution is 5.60. The quantitative estimate of drug-likeness (QED) is 0.195. The van der Waals surface area contributed by atoms with Crippen LogP contribution < -0.4 is 24.0 Å². The summed E-state index contributed by atoms with van der Waals surface area (Å²) in [5, 5.41) is 11.7. The summed E-state index contributed by atoms with van der Waals surface area (Å²) in [4.78, 5) is 0. The van der Waals surface area contributed by atoms with Gasteiger partial charge in [-0.2, -0.15) is 0 Å². The topological polar surface area (TPSA) is 32.6 Å². The van der Waals surface area contributed by atoms with E-state index < -0.39 is 0 Å². The second-order valence-electron chi connectivity index (χ2n) is 4.52. The maximum absolute atomic E-state index is 8.49. The maximum atomic E-state index is 8.49. The molecule has 0 spiro atoms. The third-order valence-corrected chi connectivity index (χ3v) is 3.59. The van der Waals surface area contributed by atoms with Gasteiger partial charge in [-0.25, -0.2) is 0 Å². The number of halogens is 1. The Morgan fingerprint density at radius 2 is 2.00 bits per heavy atom. The molecule has 3 aliphatic heterocycles. The normalized spacial score (nSPS) is 43.5. The number of oxime groups is 1. The molecule has 3 fully saturated rings. The Kier molecular flexibility index (Phi) is 3.57. The number of hydrogen-bond acceptors (Lipinski definition) is 2. The van der Waals surface area contributed by atoms with Gasteiger partial charge in [-0.3, -0.25) is 0 Å². The molecule has 76 valence electrons. The molecule has 3 saturated heterocycles. The number of nitrogens with zero attached hydrogens (tertiary/aromatic N) is 2. The molecule has 3 rings (SSSR count). The van der Waals surface area contributed by atoms with Gasteiger partial charge in [0.25, 0.3) is 0 Å². The van der Waals surface area contributed by atoms with Crippen molar-refractivity contribution in [3.05, 3.63) is 0 Å². The number of fused-ring (bicyclic) bond motifs is 3. The summed E-state index contributed by atoms with van der Waals surface area (Å²) in [6.07, 6.45) is 4.36. The second kappa shape index (κ2) is 4.13. The second-order valence-corrected chi connectivity index (χ2v) is 4.52. The van der Waals surface area contributed by atoms with Crippen LogP contribution in [-0.2, 0) is 0 Å². The summed E-state index contributed by atoms with van der Waals surface area (Å²) in [6.45, 7) is 3.82. The molecular formula is C9H17IN2O. The Balaban J connectivity index is 0.000000845. The predicted molar refractivity (Wildman–Crippen MR) is 47.3 cm³/mol. The zero-order chi connectivity index (χ0) is 8.60. The van der Waals surface area contributed by atoms with Crippen molar-refractivity contribution < 1.29 is 33.7 Å². The lowest BCUT2D eigenvalue weighted by Crippen LogP contribution is -3.00. The van der Waals surface area contributed by atoms with E-state index in [2.05, 4.69) is 12.2 Å². The molecule has 0 saturated carbocycles. The highest BCUT2D eigenvalue weighted by Gasteiger charge is 2.42. The van der Waals surface area contributed by atoms with Gasteiger partial charge in [0.05, 0.1) is 38.8 Å². The van der Waals surface area contributed by atoms with E-state index in [1.54, 1.807) is 6.21 Å². The lowest BCUT2D eigenvalue weighted by Gasteiger charge is -2.49. The largest absolute Gasteiger partial charge is 1.00 e. The van der Waals surface area contributed by atoms with E-state index in [1.165, 1.54) is 37.0 Å². The number of hydrogen-bond donors (Lipinski definition) is 1. The first-order valence-corrected chi connectivity index (χ1v) is 4.75. The molecule has 4 heteroatoms. The van der Waals surface area contributed by atoms with Crippen LogP contribution in [0.5, 0.6) is 0 Å². The molecule has 0 aliphatic carbocycles. The Labute approximate surface area is 96.4 Å². The smallest absolute Gasteiger partial charge is 0.0867 e. The molecule has 3 aliphatic rings. The Bertz CT molecular complexity index is 200. The van der Waals surface area contributed by atoms with Crippen molar-refractivity contribution in [1.29, 1.82) is 0 Å². The summed E-state index contributed by atoms with van der Waals surface area (Å²) in [5.41, 5.74) is 0. The first kappa shape index (κ1) is 11.2. The van der Waals surface area contributed by atoms with Gasteiger partial charge >= 0.3 is 0 Å². The number of rotatable bonds is 1. The third-order valence-electron chi connectivity index (χ3n) is 3.59. The fourth-order valence-corrected chi connectivity index (χ4v) is 2.73. The van der Waals surface area contributed by atoms with Crippen molar-refractivity contribution in [3.63, 3.8) is 0 Å². The van der Waals surface area contributed by atoms with E-state index in [1.807, 2.05) is 0 Å². The van der Waals surface area contributed by atoms with Crippen molar-refractivity contribution in [2.75, 3.05) is 26.7 Å². The molecule has 1 N–H and O–H groups in total. The van der Waals surface area contributed by atoms with Crippen molar-refractivity contribution in [3.8, 4) is 0 Å². The minimum Gasteiger partial charge on any atom is -1.00 e. The average molecular weight is 296 g/mol. The van der Waals surface area contributed by atoms with Crippen LogP contribution in [0.3, 0.4) is 0 Å². The molecular weight excluding hydrogens is 279 g/mol. The van der Waals surface area contributed by atoms with Crippen LogP contribution in [0.1, 0.15) is 12.8 Å². The van der Waals surface area contributed by atoms with Gasteiger partial charge in [0.15, 0.2) is 0 Å². The summed E-state index contributed by atoms with van der Waals surface area (Å²) in [5.74, 6) is 1.32. The van der Waals surface area contributed by atoms with Gasteiger partial charge in [-0.05, 0) is 5.92 Å². The van der Waals surface area contributed by atoms with E-state index in [0.717, 1.165) is 5.92 Å². The van der Waals surface area contributed by atoms with Crippen LogP contribution in [0.15, 0.2) is 5.16 Å². The number of piperidine rings is 3. The van der Waals surface area contributed by atoms with Gasteiger partial charge in [0.1, 0.15) is 0 Å². The molecule has 0 radical (unpaired) electrons. The molecule has 13 heavy (non-hydrogen) atoms. The third kappa shape index (κ3) is 2.15. The summed E-state index contributed by atoms with van der Waals surface area (Å²) in [7, 11) is 2.31. The molecule has 0 amide bonds. The molecule has 3 nitrogen and oxygen atoms in total. The Morgan fingerprint density at radius 3 is 2.46 bits per heavy atom. The van der Waals surface area contributed by atoms with Crippen molar-refractivity contribution >= 4 is 6.21 Å². The maximum Gasteiger partial charge on any atom is 0.0867 e.